The van der Waals surface area contributed by atoms with E-state index in [4.69, 9.17) is 21.1 Å². The molecule has 8 nitrogen and oxygen atoms in total. The molecule has 1 amide bonds. The Labute approximate surface area is 199 Å². The minimum atomic E-state index is -0.754. The number of amides is 1. The van der Waals surface area contributed by atoms with Crippen LogP contribution in [0.2, 0.25) is 5.02 Å². The SMILES string of the molecule is COC(=O)c1c(Cl)c(C(=O)C(=O)N[C@]2(C)CC[C@@H](CC(=O)OC(C)(C)C)CC2)n2c1CCC2. The number of hydrogen-bond acceptors (Lipinski definition) is 6. The summed E-state index contributed by atoms with van der Waals surface area (Å²) in [5.74, 6) is -2.13. The molecular weight excluding hydrogens is 448 g/mol. The lowest BCUT2D eigenvalue weighted by Gasteiger charge is -2.38. The van der Waals surface area contributed by atoms with Gasteiger partial charge in [0.05, 0.1) is 17.7 Å². The lowest BCUT2D eigenvalue weighted by atomic mass is 9.76. The second kappa shape index (κ2) is 9.49. The number of carbonyl (C=O) groups is 4. The molecule has 0 unspecified atom stereocenters. The summed E-state index contributed by atoms with van der Waals surface area (Å²) in [5, 5.41) is 2.86. The fraction of sp³-hybridized carbons (Fsp3) is 0.667. The van der Waals surface area contributed by atoms with Crippen molar-refractivity contribution in [3.8, 4) is 0 Å². The van der Waals surface area contributed by atoms with Crippen LogP contribution in [0.3, 0.4) is 0 Å². The van der Waals surface area contributed by atoms with E-state index in [0.29, 0.717) is 37.9 Å². The molecule has 182 valence electrons. The molecule has 2 heterocycles. The Balaban J connectivity index is 1.65. The standard InChI is InChI=1S/C24H33ClN2O6/c1-23(2,3)33-16(28)13-14-8-10-24(4,11-9-14)26-21(30)20(29)19-18(25)17(22(31)32-5)15-7-6-12-27(15)19/h14H,6-13H2,1-5H3,(H,26,30)/t14-,24-. The maximum absolute atomic E-state index is 13.1. The van der Waals surface area contributed by atoms with E-state index in [-0.39, 0.29) is 28.2 Å². The Morgan fingerprint density at radius 3 is 2.39 bits per heavy atom. The van der Waals surface area contributed by atoms with E-state index in [1.807, 2.05) is 27.7 Å². The van der Waals surface area contributed by atoms with Crippen LogP contribution in [0.5, 0.6) is 0 Å². The third-order valence-corrected chi connectivity index (χ3v) is 6.79. The number of nitrogens with zero attached hydrogens (tertiary/aromatic N) is 1. The van der Waals surface area contributed by atoms with Gasteiger partial charge in [-0.3, -0.25) is 14.4 Å². The van der Waals surface area contributed by atoms with Crippen LogP contribution in [0.4, 0.5) is 0 Å². The summed E-state index contributed by atoms with van der Waals surface area (Å²) in [6.45, 7) is 7.96. The summed E-state index contributed by atoms with van der Waals surface area (Å²) in [6, 6.07) is 0. The molecule has 0 bridgehead atoms. The number of carbonyl (C=O) groups excluding carboxylic acids is 4. The Bertz CT molecular complexity index is 967. The van der Waals surface area contributed by atoms with Gasteiger partial charge < -0.3 is 19.4 Å². The Kier molecular flexibility index (Phi) is 7.27. The predicted molar refractivity (Wildman–Crippen MR) is 122 cm³/mol. The normalized spacial score (nSPS) is 22.4. The van der Waals surface area contributed by atoms with Crippen LogP contribution < -0.4 is 5.32 Å². The van der Waals surface area contributed by atoms with E-state index < -0.39 is 28.8 Å². The molecular formula is C24H33ClN2O6. The Morgan fingerprint density at radius 2 is 1.82 bits per heavy atom. The largest absolute Gasteiger partial charge is 0.465 e. The average molecular weight is 481 g/mol. The molecule has 33 heavy (non-hydrogen) atoms. The summed E-state index contributed by atoms with van der Waals surface area (Å²) in [7, 11) is 1.26. The molecule has 2 aliphatic rings. The van der Waals surface area contributed by atoms with Crippen molar-refractivity contribution in [3.05, 3.63) is 22.0 Å². The van der Waals surface area contributed by atoms with Crippen molar-refractivity contribution in [1.82, 2.24) is 9.88 Å². The van der Waals surface area contributed by atoms with Crippen molar-refractivity contribution in [2.24, 2.45) is 5.92 Å². The van der Waals surface area contributed by atoms with Gasteiger partial charge >= 0.3 is 11.9 Å². The minimum Gasteiger partial charge on any atom is -0.465 e. The molecule has 1 fully saturated rings. The van der Waals surface area contributed by atoms with Gasteiger partial charge in [0.1, 0.15) is 11.3 Å². The highest BCUT2D eigenvalue weighted by molar-refractivity contribution is 6.47. The number of hydrogen-bond donors (Lipinski definition) is 1. The lowest BCUT2D eigenvalue weighted by Crippen LogP contribution is -2.51. The van der Waals surface area contributed by atoms with Crippen molar-refractivity contribution >= 4 is 35.2 Å². The number of rotatable bonds is 6. The fourth-order valence-corrected chi connectivity index (χ4v) is 5.15. The highest BCUT2D eigenvalue weighted by Crippen LogP contribution is 2.36. The quantitative estimate of drug-likeness (QED) is 0.376. The maximum atomic E-state index is 13.1. The molecule has 1 aliphatic carbocycles. The smallest absolute Gasteiger partial charge is 0.341 e. The van der Waals surface area contributed by atoms with E-state index in [1.165, 1.54) is 7.11 Å². The predicted octanol–water partition coefficient (Wildman–Crippen LogP) is 3.85. The third-order valence-electron chi connectivity index (χ3n) is 6.42. The number of methoxy groups -OCH3 is 1. The minimum absolute atomic E-state index is 0.0251. The first-order valence-electron chi connectivity index (χ1n) is 11.4. The van der Waals surface area contributed by atoms with E-state index >= 15 is 0 Å². The molecule has 1 aromatic heterocycles. The number of nitrogens with one attached hydrogen (secondary N) is 1. The Hall–Kier alpha value is -2.35. The number of Topliss-reactive ketones (excluding diaryl/α,β-unsaturated/α-hetero) is 1. The van der Waals surface area contributed by atoms with Crippen LogP contribution in [-0.2, 0) is 32.0 Å². The number of esters is 2. The molecule has 1 N–H and O–H groups in total. The summed E-state index contributed by atoms with van der Waals surface area (Å²) in [6.07, 6.45) is 4.49. The van der Waals surface area contributed by atoms with Gasteiger partial charge in [-0.05, 0) is 72.1 Å². The van der Waals surface area contributed by atoms with Gasteiger partial charge in [0.25, 0.3) is 11.7 Å². The first-order valence-corrected chi connectivity index (χ1v) is 11.8. The fourth-order valence-electron chi connectivity index (χ4n) is 4.78. The second-order valence-electron chi connectivity index (χ2n) is 10.3. The van der Waals surface area contributed by atoms with Crippen molar-refractivity contribution in [1.29, 1.82) is 0 Å². The molecule has 9 heteroatoms. The first kappa shape index (κ1) is 25.3. The van der Waals surface area contributed by atoms with Crippen LogP contribution in [-0.4, -0.2) is 46.4 Å². The molecule has 1 aromatic rings. The summed E-state index contributed by atoms with van der Waals surface area (Å²) >= 11 is 6.38. The van der Waals surface area contributed by atoms with Crippen LogP contribution >= 0.6 is 11.6 Å². The third kappa shape index (κ3) is 5.60. The summed E-state index contributed by atoms with van der Waals surface area (Å²) in [4.78, 5) is 50.3. The van der Waals surface area contributed by atoms with Crippen LogP contribution in [0, 0.1) is 5.92 Å². The molecule has 1 aliphatic heterocycles. The number of aromatic nitrogens is 1. The molecule has 1 saturated carbocycles. The molecule has 0 spiro atoms. The zero-order chi connectivity index (χ0) is 24.6. The molecule has 0 saturated heterocycles. The number of halogens is 1. The molecule has 0 atom stereocenters. The van der Waals surface area contributed by atoms with Crippen molar-refractivity contribution in [2.75, 3.05) is 7.11 Å². The van der Waals surface area contributed by atoms with Crippen LogP contribution in [0.1, 0.15) is 92.8 Å². The monoisotopic (exact) mass is 480 g/mol. The van der Waals surface area contributed by atoms with Crippen molar-refractivity contribution in [3.63, 3.8) is 0 Å². The highest BCUT2D eigenvalue weighted by atomic mass is 35.5. The topological polar surface area (TPSA) is 104 Å². The van der Waals surface area contributed by atoms with Crippen molar-refractivity contribution < 1.29 is 28.7 Å². The molecule has 0 aromatic carbocycles. The second-order valence-corrected chi connectivity index (χ2v) is 10.7. The number of ether oxygens (including phenoxy) is 2. The average Bonchev–Trinajstić information content (AvgIpc) is 3.27. The van der Waals surface area contributed by atoms with Crippen molar-refractivity contribution in [2.45, 2.75) is 90.3 Å². The van der Waals surface area contributed by atoms with E-state index in [2.05, 4.69) is 5.32 Å². The van der Waals surface area contributed by atoms with Gasteiger partial charge in [-0.25, -0.2) is 4.79 Å². The summed E-state index contributed by atoms with van der Waals surface area (Å²) in [5.41, 5.74) is -0.222. The van der Waals surface area contributed by atoms with Gasteiger partial charge in [-0.1, -0.05) is 11.6 Å². The van der Waals surface area contributed by atoms with E-state index in [0.717, 1.165) is 19.3 Å². The summed E-state index contributed by atoms with van der Waals surface area (Å²) < 4.78 is 11.9. The van der Waals surface area contributed by atoms with Gasteiger partial charge in [-0.15, -0.1) is 0 Å². The van der Waals surface area contributed by atoms with Crippen LogP contribution in [0.15, 0.2) is 0 Å². The van der Waals surface area contributed by atoms with Gasteiger partial charge in [-0.2, -0.15) is 0 Å². The number of ketones is 1. The zero-order valence-corrected chi connectivity index (χ0v) is 20.8. The maximum Gasteiger partial charge on any atom is 0.341 e. The van der Waals surface area contributed by atoms with Gasteiger partial charge in [0.2, 0.25) is 0 Å². The highest BCUT2D eigenvalue weighted by Gasteiger charge is 2.38. The van der Waals surface area contributed by atoms with Gasteiger partial charge in [0, 0.05) is 24.2 Å². The first-order chi connectivity index (χ1) is 15.3. The number of fused-ring (bicyclic) bond motifs is 1. The zero-order valence-electron chi connectivity index (χ0n) is 20.0. The van der Waals surface area contributed by atoms with Gasteiger partial charge in [0.15, 0.2) is 0 Å². The van der Waals surface area contributed by atoms with E-state index in [1.54, 1.807) is 4.57 Å². The molecule has 0 radical (unpaired) electrons. The van der Waals surface area contributed by atoms with Crippen LogP contribution in [0.25, 0.3) is 0 Å². The van der Waals surface area contributed by atoms with E-state index in [9.17, 15) is 19.2 Å². The Morgan fingerprint density at radius 1 is 1.18 bits per heavy atom. The lowest BCUT2D eigenvalue weighted by molar-refractivity contribution is -0.156. The molecule has 3 rings (SSSR count).